The van der Waals surface area contributed by atoms with Gasteiger partial charge in [-0.25, -0.2) is 0 Å². The van der Waals surface area contributed by atoms with Crippen LogP contribution in [0.3, 0.4) is 0 Å². The van der Waals surface area contributed by atoms with Crippen molar-refractivity contribution in [2.75, 3.05) is 50.1 Å². The minimum absolute atomic E-state index is 0.0173. The Morgan fingerprint density at radius 2 is 1.89 bits per heavy atom. The molecule has 1 aromatic heterocycles. The Morgan fingerprint density at radius 1 is 1.21 bits per heavy atom. The first-order chi connectivity index (χ1) is 13.5. The highest BCUT2D eigenvalue weighted by Crippen LogP contribution is 2.19. The van der Waals surface area contributed by atoms with Crippen molar-refractivity contribution in [3.05, 3.63) is 46.7 Å². The fraction of sp³-hybridized carbons (Fsp3) is 0.400. The molecule has 2 aromatic rings. The van der Waals surface area contributed by atoms with E-state index in [-0.39, 0.29) is 18.4 Å². The number of aromatic nitrogens is 1. The molecule has 1 fully saturated rings. The van der Waals surface area contributed by atoms with E-state index in [1.165, 1.54) is 4.90 Å². The highest BCUT2D eigenvalue weighted by Gasteiger charge is 2.19. The maximum Gasteiger partial charge on any atom is 0.270 e. The van der Waals surface area contributed by atoms with E-state index in [0.717, 1.165) is 36.5 Å². The molecule has 0 atom stereocenters. The molecule has 1 saturated heterocycles. The zero-order chi connectivity index (χ0) is 20.1. The minimum Gasteiger partial charge on any atom is -0.378 e. The number of ether oxygens (including phenoxy) is 1. The average Bonchev–Trinajstić information content (AvgIpc) is 3.09. The zero-order valence-electron chi connectivity index (χ0n) is 16.2. The SMILES string of the molecule is CCn1cc(Br)cc1C(=O)N(C)CC(=O)Nc1ccc(N2CCOCC2)cc1. The second-order valence-electron chi connectivity index (χ2n) is 6.69. The van der Waals surface area contributed by atoms with Gasteiger partial charge in [0.1, 0.15) is 5.69 Å². The van der Waals surface area contributed by atoms with Crippen molar-refractivity contribution in [1.82, 2.24) is 9.47 Å². The van der Waals surface area contributed by atoms with E-state index in [2.05, 4.69) is 26.1 Å². The number of anilines is 2. The van der Waals surface area contributed by atoms with Gasteiger partial charge in [-0.1, -0.05) is 0 Å². The van der Waals surface area contributed by atoms with E-state index in [0.29, 0.717) is 17.9 Å². The van der Waals surface area contributed by atoms with Crippen molar-refractivity contribution >= 4 is 39.1 Å². The number of carbonyl (C=O) groups excluding carboxylic acids is 2. The van der Waals surface area contributed by atoms with Gasteiger partial charge >= 0.3 is 0 Å². The molecule has 0 saturated carbocycles. The molecule has 1 aromatic carbocycles. The van der Waals surface area contributed by atoms with E-state index in [1.807, 2.05) is 42.0 Å². The molecular formula is C20H25BrN4O3. The van der Waals surface area contributed by atoms with E-state index >= 15 is 0 Å². The van der Waals surface area contributed by atoms with E-state index in [4.69, 9.17) is 4.74 Å². The average molecular weight is 449 g/mol. The van der Waals surface area contributed by atoms with Gasteiger partial charge in [-0.15, -0.1) is 0 Å². The molecule has 1 aliphatic rings. The summed E-state index contributed by atoms with van der Waals surface area (Å²) in [6.45, 7) is 5.84. The number of halogens is 1. The lowest BCUT2D eigenvalue weighted by molar-refractivity contribution is -0.116. The number of likely N-dealkylation sites (N-methyl/N-ethyl adjacent to an activating group) is 1. The predicted molar refractivity (Wildman–Crippen MR) is 113 cm³/mol. The van der Waals surface area contributed by atoms with Gasteiger partial charge in [0.15, 0.2) is 0 Å². The number of amides is 2. The van der Waals surface area contributed by atoms with Gasteiger partial charge in [-0.2, -0.15) is 0 Å². The maximum absolute atomic E-state index is 12.6. The van der Waals surface area contributed by atoms with E-state index < -0.39 is 0 Å². The fourth-order valence-electron chi connectivity index (χ4n) is 3.18. The standard InChI is InChI=1S/C20H25BrN4O3/c1-3-24-13-15(21)12-18(24)20(27)23(2)14-19(26)22-16-4-6-17(7-5-16)25-8-10-28-11-9-25/h4-7,12-13H,3,8-11,14H2,1-2H3,(H,22,26). The quantitative estimate of drug-likeness (QED) is 0.737. The van der Waals surface area contributed by atoms with Crippen molar-refractivity contribution in [3.63, 3.8) is 0 Å². The van der Waals surface area contributed by atoms with Gasteiger partial charge in [0, 0.05) is 48.7 Å². The first kappa shape index (κ1) is 20.4. The second kappa shape index (κ2) is 9.25. The molecule has 2 heterocycles. The number of aryl methyl sites for hydroxylation is 1. The van der Waals surface area contributed by atoms with E-state index in [9.17, 15) is 9.59 Å². The maximum atomic E-state index is 12.6. The van der Waals surface area contributed by atoms with Crippen LogP contribution in [-0.4, -0.2) is 61.2 Å². The number of morpholine rings is 1. The van der Waals surface area contributed by atoms with Gasteiger partial charge in [0.2, 0.25) is 5.91 Å². The molecule has 0 radical (unpaired) electrons. The minimum atomic E-state index is -0.233. The highest BCUT2D eigenvalue weighted by molar-refractivity contribution is 9.10. The highest BCUT2D eigenvalue weighted by atomic mass is 79.9. The summed E-state index contributed by atoms with van der Waals surface area (Å²) in [5.74, 6) is -0.422. The van der Waals surface area contributed by atoms with Crippen LogP contribution >= 0.6 is 15.9 Å². The van der Waals surface area contributed by atoms with Crippen molar-refractivity contribution in [2.24, 2.45) is 0 Å². The lowest BCUT2D eigenvalue weighted by Crippen LogP contribution is -2.36. The lowest BCUT2D eigenvalue weighted by atomic mass is 10.2. The molecular weight excluding hydrogens is 424 g/mol. The van der Waals surface area contributed by atoms with Gasteiger partial charge < -0.3 is 24.4 Å². The lowest BCUT2D eigenvalue weighted by Gasteiger charge is -2.28. The van der Waals surface area contributed by atoms with Crippen LogP contribution in [0.2, 0.25) is 0 Å². The summed E-state index contributed by atoms with van der Waals surface area (Å²) in [6.07, 6.45) is 1.86. The van der Waals surface area contributed by atoms with Gasteiger partial charge in [0.25, 0.3) is 5.91 Å². The second-order valence-corrected chi connectivity index (χ2v) is 7.60. The van der Waals surface area contributed by atoms with Crippen LogP contribution in [0.25, 0.3) is 0 Å². The molecule has 7 nitrogen and oxygen atoms in total. The summed E-state index contributed by atoms with van der Waals surface area (Å²) in [4.78, 5) is 28.7. The summed E-state index contributed by atoms with van der Waals surface area (Å²) < 4.78 is 8.06. The monoisotopic (exact) mass is 448 g/mol. The van der Waals surface area contributed by atoms with Crippen molar-refractivity contribution in [3.8, 4) is 0 Å². The summed E-state index contributed by atoms with van der Waals surface area (Å²) in [7, 11) is 1.63. The zero-order valence-corrected chi connectivity index (χ0v) is 17.7. The fourth-order valence-corrected chi connectivity index (χ4v) is 3.64. The third-order valence-corrected chi connectivity index (χ3v) is 5.11. The van der Waals surface area contributed by atoms with E-state index in [1.54, 1.807) is 13.1 Å². The number of nitrogens with zero attached hydrogens (tertiary/aromatic N) is 3. The van der Waals surface area contributed by atoms with Gasteiger partial charge in [-0.05, 0) is 53.2 Å². The topological polar surface area (TPSA) is 66.8 Å². The predicted octanol–water partition coefficient (Wildman–Crippen LogP) is 2.82. The number of nitrogens with one attached hydrogen (secondary N) is 1. The molecule has 0 aliphatic carbocycles. The smallest absolute Gasteiger partial charge is 0.270 e. The first-order valence-corrected chi connectivity index (χ1v) is 10.1. The summed E-state index contributed by atoms with van der Waals surface area (Å²) >= 11 is 3.39. The Bertz CT molecular complexity index is 828. The van der Waals surface area contributed by atoms with Gasteiger partial charge in [-0.3, -0.25) is 9.59 Å². The number of rotatable bonds is 6. The van der Waals surface area contributed by atoms with Crippen LogP contribution in [0.5, 0.6) is 0 Å². The molecule has 0 bridgehead atoms. The number of benzene rings is 1. The molecule has 0 spiro atoms. The summed E-state index contributed by atoms with van der Waals surface area (Å²) in [5.41, 5.74) is 2.38. The molecule has 3 rings (SSSR count). The van der Waals surface area contributed by atoms with Crippen LogP contribution < -0.4 is 10.2 Å². The number of hydrogen-bond acceptors (Lipinski definition) is 4. The Balaban J connectivity index is 1.56. The molecule has 28 heavy (non-hydrogen) atoms. The van der Waals surface area contributed by atoms with Crippen LogP contribution in [0.4, 0.5) is 11.4 Å². The van der Waals surface area contributed by atoms with Gasteiger partial charge in [0.05, 0.1) is 19.8 Å². The molecule has 1 aliphatic heterocycles. The normalized spacial score (nSPS) is 14.0. The Labute approximate surface area is 173 Å². The molecule has 1 N–H and O–H groups in total. The molecule has 2 amide bonds. The summed E-state index contributed by atoms with van der Waals surface area (Å²) in [6, 6.07) is 9.50. The molecule has 0 unspecified atom stereocenters. The van der Waals surface area contributed by atoms with Crippen molar-refractivity contribution in [2.45, 2.75) is 13.5 Å². The van der Waals surface area contributed by atoms with Crippen molar-refractivity contribution < 1.29 is 14.3 Å². The van der Waals surface area contributed by atoms with Crippen LogP contribution in [0.1, 0.15) is 17.4 Å². The number of hydrogen-bond donors (Lipinski definition) is 1. The number of carbonyl (C=O) groups is 2. The van der Waals surface area contributed by atoms with Crippen LogP contribution in [-0.2, 0) is 16.1 Å². The van der Waals surface area contributed by atoms with Crippen LogP contribution in [0, 0.1) is 0 Å². The molecule has 150 valence electrons. The third-order valence-electron chi connectivity index (χ3n) is 4.68. The Kier molecular flexibility index (Phi) is 6.74. The summed E-state index contributed by atoms with van der Waals surface area (Å²) in [5, 5.41) is 2.85. The third kappa shape index (κ3) is 4.94. The Morgan fingerprint density at radius 3 is 2.54 bits per heavy atom. The largest absolute Gasteiger partial charge is 0.378 e. The Hall–Kier alpha value is -2.32. The van der Waals surface area contributed by atoms with Crippen molar-refractivity contribution in [1.29, 1.82) is 0 Å². The van der Waals surface area contributed by atoms with Crippen LogP contribution in [0.15, 0.2) is 41.0 Å². The molecule has 8 heteroatoms. The first-order valence-electron chi connectivity index (χ1n) is 9.31.